The Morgan fingerprint density at radius 2 is 2.00 bits per heavy atom. The molecule has 2 aromatic carbocycles. The van der Waals surface area contributed by atoms with E-state index >= 15 is 0 Å². The molecule has 0 spiro atoms. The standard InChI is InChI=1S/C25H29ClN4O4/c1-3-33-24(31)14-30-9-7-17(8-10-30)15-34-23-12-20-21(13-22(23)32-2)27-16-28-25(20)29-19-6-4-5-18(26)11-19/h4-6,11-13,16-17H,3,7-10,14-15H2,1-2H3,(H,27,28,29). The summed E-state index contributed by atoms with van der Waals surface area (Å²) in [6.07, 6.45) is 3.43. The lowest BCUT2D eigenvalue weighted by molar-refractivity contribution is -0.144. The van der Waals surface area contributed by atoms with Crippen molar-refractivity contribution in [1.82, 2.24) is 14.9 Å². The number of carbonyl (C=O) groups is 1. The van der Waals surface area contributed by atoms with Gasteiger partial charge < -0.3 is 19.5 Å². The van der Waals surface area contributed by atoms with Gasteiger partial charge in [-0.1, -0.05) is 17.7 Å². The summed E-state index contributed by atoms with van der Waals surface area (Å²) in [5.41, 5.74) is 1.58. The predicted octanol–water partition coefficient (Wildman–Crippen LogP) is 4.69. The Morgan fingerprint density at radius 3 is 2.74 bits per heavy atom. The number of benzene rings is 2. The summed E-state index contributed by atoms with van der Waals surface area (Å²) in [7, 11) is 1.62. The van der Waals surface area contributed by atoms with Crippen molar-refractivity contribution >= 4 is 40.0 Å². The number of likely N-dealkylation sites (tertiary alicyclic amines) is 1. The number of ether oxygens (including phenoxy) is 3. The van der Waals surface area contributed by atoms with Crippen molar-refractivity contribution in [1.29, 1.82) is 0 Å². The van der Waals surface area contributed by atoms with Crippen molar-refractivity contribution in [3.05, 3.63) is 47.7 Å². The molecular formula is C25H29ClN4O4. The van der Waals surface area contributed by atoms with Gasteiger partial charge in [-0.15, -0.1) is 0 Å². The Kier molecular flexibility index (Phi) is 8.03. The number of piperidine rings is 1. The van der Waals surface area contributed by atoms with Gasteiger partial charge in [-0.2, -0.15) is 0 Å². The third-order valence-corrected chi connectivity index (χ3v) is 6.08. The van der Waals surface area contributed by atoms with Gasteiger partial charge in [-0.3, -0.25) is 9.69 Å². The van der Waals surface area contributed by atoms with E-state index in [1.165, 1.54) is 6.33 Å². The van der Waals surface area contributed by atoms with E-state index in [4.69, 9.17) is 25.8 Å². The van der Waals surface area contributed by atoms with Gasteiger partial charge in [0.1, 0.15) is 12.1 Å². The molecule has 1 fully saturated rings. The number of esters is 1. The minimum absolute atomic E-state index is 0.164. The van der Waals surface area contributed by atoms with Crippen molar-refractivity contribution in [3.63, 3.8) is 0 Å². The van der Waals surface area contributed by atoms with Gasteiger partial charge in [0.15, 0.2) is 11.5 Å². The minimum atomic E-state index is -0.164. The van der Waals surface area contributed by atoms with Crippen LogP contribution in [0.25, 0.3) is 10.9 Å². The molecule has 34 heavy (non-hydrogen) atoms. The first-order chi connectivity index (χ1) is 16.6. The zero-order chi connectivity index (χ0) is 23.9. The third-order valence-electron chi connectivity index (χ3n) is 5.85. The van der Waals surface area contributed by atoms with Crippen LogP contribution in [0.2, 0.25) is 5.02 Å². The summed E-state index contributed by atoms with van der Waals surface area (Å²) in [5.74, 6) is 2.16. The molecule has 0 radical (unpaired) electrons. The Labute approximate surface area is 204 Å². The smallest absolute Gasteiger partial charge is 0.320 e. The Morgan fingerprint density at radius 1 is 1.18 bits per heavy atom. The number of anilines is 2. The molecule has 8 nitrogen and oxygen atoms in total. The maximum Gasteiger partial charge on any atom is 0.320 e. The zero-order valence-corrected chi connectivity index (χ0v) is 20.2. The molecule has 0 atom stereocenters. The lowest BCUT2D eigenvalue weighted by Crippen LogP contribution is -2.39. The first kappa shape index (κ1) is 24.0. The molecule has 1 aliphatic heterocycles. The fraction of sp³-hybridized carbons (Fsp3) is 0.400. The largest absolute Gasteiger partial charge is 0.493 e. The van der Waals surface area contributed by atoms with Gasteiger partial charge in [0, 0.05) is 22.2 Å². The van der Waals surface area contributed by atoms with Crippen molar-refractivity contribution in [3.8, 4) is 11.5 Å². The molecule has 3 aromatic rings. The molecule has 1 aliphatic rings. The normalized spacial score (nSPS) is 14.7. The van der Waals surface area contributed by atoms with Gasteiger partial charge in [-0.05, 0) is 63.0 Å². The summed E-state index contributed by atoms with van der Waals surface area (Å²) in [4.78, 5) is 22.7. The second-order valence-electron chi connectivity index (χ2n) is 8.21. The highest BCUT2D eigenvalue weighted by atomic mass is 35.5. The van der Waals surface area contributed by atoms with Crippen LogP contribution in [0.5, 0.6) is 11.5 Å². The van der Waals surface area contributed by atoms with E-state index in [1.54, 1.807) is 7.11 Å². The van der Waals surface area contributed by atoms with Crippen molar-refractivity contribution in [2.75, 3.05) is 45.3 Å². The lowest BCUT2D eigenvalue weighted by Gasteiger charge is -2.31. The van der Waals surface area contributed by atoms with Gasteiger partial charge in [0.2, 0.25) is 0 Å². The average molecular weight is 485 g/mol. The predicted molar refractivity (Wildman–Crippen MR) is 132 cm³/mol. The van der Waals surface area contributed by atoms with Crippen LogP contribution in [0, 0.1) is 5.92 Å². The van der Waals surface area contributed by atoms with E-state index in [0.717, 1.165) is 42.5 Å². The Bertz CT molecular complexity index is 1140. The Balaban J connectivity index is 1.44. The molecule has 1 saturated heterocycles. The first-order valence-corrected chi connectivity index (χ1v) is 11.8. The summed E-state index contributed by atoms with van der Waals surface area (Å²) in [5, 5.41) is 4.77. The van der Waals surface area contributed by atoms with Crippen molar-refractivity contribution in [2.24, 2.45) is 5.92 Å². The van der Waals surface area contributed by atoms with Crippen LogP contribution >= 0.6 is 11.6 Å². The molecular weight excluding hydrogens is 456 g/mol. The van der Waals surface area contributed by atoms with E-state index in [9.17, 15) is 4.79 Å². The van der Waals surface area contributed by atoms with Crippen LogP contribution in [0.1, 0.15) is 19.8 Å². The second kappa shape index (κ2) is 11.4. The molecule has 180 valence electrons. The second-order valence-corrected chi connectivity index (χ2v) is 8.65. The van der Waals surface area contributed by atoms with Crippen molar-refractivity contribution < 1.29 is 19.0 Å². The Hall–Kier alpha value is -3.10. The topological polar surface area (TPSA) is 85.8 Å². The first-order valence-electron chi connectivity index (χ1n) is 11.4. The number of aromatic nitrogens is 2. The molecule has 2 heterocycles. The maximum atomic E-state index is 11.7. The molecule has 9 heteroatoms. The SMILES string of the molecule is CCOC(=O)CN1CCC(COc2cc3c(Nc4cccc(Cl)c4)ncnc3cc2OC)CC1. The molecule has 4 rings (SSSR count). The quantitative estimate of drug-likeness (QED) is 0.438. The summed E-state index contributed by atoms with van der Waals surface area (Å²) >= 11 is 6.12. The average Bonchev–Trinajstić information content (AvgIpc) is 2.83. The molecule has 0 saturated carbocycles. The monoisotopic (exact) mass is 484 g/mol. The molecule has 0 aliphatic carbocycles. The molecule has 0 unspecified atom stereocenters. The van der Waals surface area contributed by atoms with Gasteiger partial charge in [0.05, 0.1) is 32.4 Å². The number of methoxy groups -OCH3 is 1. The minimum Gasteiger partial charge on any atom is -0.493 e. The highest BCUT2D eigenvalue weighted by Gasteiger charge is 2.22. The number of nitrogens with one attached hydrogen (secondary N) is 1. The number of fused-ring (bicyclic) bond motifs is 1. The van der Waals surface area contributed by atoms with E-state index in [0.29, 0.717) is 48.0 Å². The highest BCUT2D eigenvalue weighted by Crippen LogP contribution is 2.35. The fourth-order valence-electron chi connectivity index (χ4n) is 4.05. The number of hydrogen-bond donors (Lipinski definition) is 1. The molecule has 0 bridgehead atoms. The van der Waals surface area contributed by atoms with Crippen LogP contribution < -0.4 is 14.8 Å². The number of rotatable bonds is 9. The van der Waals surface area contributed by atoms with Crippen LogP contribution in [-0.2, 0) is 9.53 Å². The summed E-state index contributed by atoms with van der Waals surface area (Å²) in [6, 6.07) is 11.2. The summed E-state index contributed by atoms with van der Waals surface area (Å²) in [6.45, 7) is 4.86. The molecule has 1 aromatic heterocycles. The van der Waals surface area contributed by atoms with Crippen LogP contribution in [0.15, 0.2) is 42.7 Å². The van der Waals surface area contributed by atoms with Gasteiger partial charge in [0.25, 0.3) is 0 Å². The number of halogens is 1. The third kappa shape index (κ3) is 6.07. The maximum absolute atomic E-state index is 11.7. The van der Waals surface area contributed by atoms with Crippen LogP contribution in [0.3, 0.4) is 0 Å². The van der Waals surface area contributed by atoms with Gasteiger partial charge >= 0.3 is 5.97 Å². The fourth-order valence-corrected chi connectivity index (χ4v) is 4.24. The molecule has 0 amide bonds. The van der Waals surface area contributed by atoms with Crippen LogP contribution in [0.4, 0.5) is 11.5 Å². The van der Waals surface area contributed by atoms with E-state index < -0.39 is 0 Å². The zero-order valence-electron chi connectivity index (χ0n) is 19.4. The van der Waals surface area contributed by atoms with Crippen molar-refractivity contribution in [2.45, 2.75) is 19.8 Å². The number of nitrogens with zero attached hydrogens (tertiary/aromatic N) is 3. The van der Waals surface area contributed by atoms with E-state index in [1.807, 2.05) is 43.3 Å². The summed E-state index contributed by atoms with van der Waals surface area (Å²) < 4.78 is 16.8. The van der Waals surface area contributed by atoms with E-state index in [-0.39, 0.29) is 5.97 Å². The number of carbonyl (C=O) groups excluding carboxylic acids is 1. The van der Waals surface area contributed by atoms with E-state index in [2.05, 4.69) is 20.2 Å². The van der Waals surface area contributed by atoms with Gasteiger partial charge in [-0.25, -0.2) is 9.97 Å². The number of hydrogen-bond acceptors (Lipinski definition) is 8. The highest BCUT2D eigenvalue weighted by molar-refractivity contribution is 6.30. The lowest BCUT2D eigenvalue weighted by atomic mass is 9.98. The van der Waals surface area contributed by atoms with Crippen LogP contribution in [-0.4, -0.2) is 60.8 Å². The molecule has 1 N–H and O–H groups in total.